The highest BCUT2D eigenvalue weighted by Gasteiger charge is 2.45. The van der Waals surface area contributed by atoms with Gasteiger partial charge in [0.15, 0.2) is 0 Å². The molecule has 5 rings (SSSR count). The first-order valence-corrected chi connectivity index (χ1v) is 15.0. The smallest absolute Gasteiger partial charge is 0.217 e. The molecule has 2 aromatic carbocycles. The number of aromatic nitrogens is 1. The summed E-state index contributed by atoms with van der Waals surface area (Å²) < 4.78 is 6.53. The number of nitrogens with one attached hydrogen (secondary N) is 2. The van der Waals surface area contributed by atoms with E-state index in [2.05, 4.69) is 60.7 Å². The second-order valence-corrected chi connectivity index (χ2v) is 13.4. The lowest BCUT2D eigenvalue weighted by Gasteiger charge is -2.48. The Morgan fingerprint density at radius 3 is 2.69 bits per heavy atom. The van der Waals surface area contributed by atoms with Crippen LogP contribution >= 0.6 is 11.3 Å². The number of benzene rings is 2. The molecule has 1 aliphatic heterocycles. The predicted molar refractivity (Wildman–Crippen MR) is 157 cm³/mol. The summed E-state index contributed by atoms with van der Waals surface area (Å²) in [5, 5.41) is 20.9. The normalized spacial score (nSPS) is 19.5. The van der Waals surface area contributed by atoms with E-state index in [4.69, 9.17) is 4.74 Å². The third-order valence-corrected chi connectivity index (χ3v) is 8.66. The van der Waals surface area contributed by atoms with E-state index in [9.17, 15) is 9.90 Å². The molecule has 0 saturated heterocycles. The third-order valence-electron chi connectivity index (χ3n) is 7.84. The summed E-state index contributed by atoms with van der Waals surface area (Å²) in [5.74, 6) is 0.815. The monoisotopic (exact) mass is 547 g/mol. The standard InChI is InChI=1S/C32H41N3O3S/c1-21(36)35-26(17-22-7-5-8-24(15-22)30-33-13-14-39-30)28(37)20-34-27-19-32(11-6-12-32)38-29-10-9-23(16-25(27)29)18-31(2,3)4/h5,7-10,13-16,26-28,34,37H,6,11-12,17-20H2,1-4H3,(H,35,36)/t26-,27-,28-/m0/s1. The zero-order chi connectivity index (χ0) is 27.6. The van der Waals surface area contributed by atoms with Crippen molar-refractivity contribution in [1.29, 1.82) is 0 Å². The van der Waals surface area contributed by atoms with Crippen molar-refractivity contribution in [2.45, 2.75) is 90.0 Å². The number of nitrogens with zero attached hydrogens (tertiary/aromatic N) is 1. The number of amides is 1. The lowest BCUT2D eigenvalue weighted by molar-refractivity contribution is -0.120. The van der Waals surface area contributed by atoms with Crippen molar-refractivity contribution in [2.75, 3.05) is 6.54 Å². The molecule has 3 atom stereocenters. The van der Waals surface area contributed by atoms with Gasteiger partial charge in [0.2, 0.25) is 5.91 Å². The van der Waals surface area contributed by atoms with Crippen LogP contribution in [0.4, 0.5) is 0 Å². The number of aliphatic hydroxyl groups is 1. The molecule has 2 heterocycles. The summed E-state index contributed by atoms with van der Waals surface area (Å²) in [4.78, 5) is 16.5. The highest BCUT2D eigenvalue weighted by Crippen LogP contribution is 2.49. The minimum absolute atomic E-state index is 0.0924. The summed E-state index contributed by atoms with van der Waals surface area (Å²) in [6, 6.07) is 14.5. The molecule has 1 amide bonds. The zero-order valence-electron chi connectivity index (χ0n) is 23.5. The summed E-state index contributed by atoms with van der Waals surface area (Å²) >= 11 is 1.60. The minimum atomic E-state index is -0.751. The van der Waals surface area contributed by atoms with Crippen molar-refractivity contribution >= 4 is 17.2 Å². The van der Waals surface area contributed by atoms with Crippen molar-refractivity contribution < 1.29 is 14.6 Å². The number of thiazole rings is 1. The lowest BCUT2D eigenvalue weighted by Crippen LogP contribution is -2.52. The third kappa shape index (κ3) is 6.89. The van der Waals surface area contributed by atoms with Gasteiger partial charge >= 0.3 is 0 Å². The SMILES string of the molecule is CC(=O)N[C@@H](Cc1cccc(-c2nccs2)c1)[C@@H](O)CN[C@H]1CC2(CCC2)Oc2ccc(CC(C)(C)C)cc21. The van der Waals surface area contributed by atoms with Crippen LogP contribution in [0.1, 0.15) is 76.1 Å². The van der Waals surface area contributed by atoms with E-state index in [1.807, 2.05) is 23.6 Å². The average Bonchev–Trinajstić information content (AvgIpc) is 3.40. The van der Waals surface area contributed by atoms with Gasteiger partial charge in [-0.05, 0) is 60.8 Å². The fraction of sp³-hybridized carbons (Fsp3) is 0.500. The Morgan fingerprint density at radius 1 is 1.21 bits per heavy atom. The van der Waals surface area contributed by atoms with Crippen LogP contribution in [0.5, 0.6) is 5.75 Å². The van der Waals surface area contributed by atoms with Crippen LogP contribution in [0.2, 0.25) is 0 Å². The van der Waals surface area contributed by atoms with Gasteiger partial charge < -0.3 is 20.5 Å². The van der Waals surface area contributed by atoms with Gasteiger partial charge in [0.05, 0.1) is 12.1 Å². The van der Waals surface area contributed by atoms with Crippen LogP contribution in [0.3, 0.4) is 0 Å². The molecule has 1 saturated carbocycles. The number of rotatable bonds is 9. The van der Waals surface area contributed by atoms with Crippen LogP contribution < -0.4 is 15.4 Å². The molecule has 6 nitrogen and oxygen atoms in total. The number of ether oxygens (including phenoxy) is 1. The predicted octanol–water partition coefficient (Wildman–Crippen LogP) is 5.84. The Balaban J connectivity index is 1.31. The summed E-state index contributed by atoms with van der Waals surface area (Å²) in [5.41, 5.74) is 4.67. The lowest BCUT2D eigenvalue weighted by atomic mass is 9.72. The first-order valence-electron chi connectivity index (χ1n) is 14.1. The van der Waals surface area contributed by atoms with E-state index < -0.39 is 12.1 Å². The summed E-state index contributed by atoms with van der Waals surface area (Å²) in [6.07, 6.45) is 6.80. The van der Waals surface area contributed by atoms with Crippen LogP contribution in [0, 0.1) is 5.41 Å². The Hall–Kier alpha value is -2.74. The Bertz CT molecular complexity index is 1280. The van der Waals surface area contributed by atoms with Gasteiger partial charge in [-0.3, -0.25) is 4.79 Å². The van der Waals surface area contributed by atoms with E-state index in [1.54, 1.807) is 17.5 Å². The maximum absolute atomic E-state index is 12.1. The van der Waals surface area contributed by atoms with Gasteiger partial charge in [-0.1, -0.05) is 51.1 Å². The van der Waals surface area contributed by atoms with Gasteiger partial charge in [0.1, 0.15) is 16.4 Å². The van der Waals surface area contributed by atoms with Crippen LogP contribution in [-0.4, -0.2) is 40.3 Å². The maximum Gasteiger partial charge on any atom is 0.217 e. The van der Waals surface area contributed by atoms with Gasteiger partial charge in [0, 0.05) is 48.6 Å². The molecule has 0 unspecified atom stereocenters. The van der Waals surface area contributed by atoms with Crippen molar-refractivity contribution in [2.24, 2.45) is 5.41 Å². The molecular formula is C32H41N3O3S. The first kappa shape index (κ1) is 27.8. The van der Waals surface area contributed by atoms with E-state index >= 15 is 0 Å². The summed E-state index contributed by atoms with van der Waals surface area (Å²) in [6.45, 7) is 8.65. The molecule has 39 heavy (non-hydrogen) atoms. The Labute approximate surface area is 236 Å². The molecular weight excluding hydrogens is 506 g/mol. The first-order chi connectivity index (χ1) is 18.6. The number of aliphatic hydroxyl groups excluding tert-OH is 1. The number of hydrogen-bond acceptors (Lipinski definition) is 6. The van der Waals surface area contributed by atoms with E-state index in [0.717, 1.165) is 47.6 Å². The molecule has 1 spiro atoms. The van der Waals surface area contributed by atoms with Crippen molar-refractivity contribution in [3.05, 3.63) is 70.7 Å². The molecule has 1 aromatic heterocycles. The van der Waals surface area contributed by atoms with E-state index in [1.165, 1.54) is 24.5 Å². The molecule has 1 fully saturated rings. The second-order valence-electron chi connectivity index (χ2n) is 12.5. The topological polar surface area (TPSA) is 83.5 Å². The van der Waals surface area contributed by atoms with Gasteiger partial charge in [0.25, 0.3) is 0 Å². The molecule has 7 heteroatoms. The quantitative estimate of drug-likeness (QED) is 0.313. The summed E-state index contributed by atoms with van der Waals surface area (Å²) in [7, 11) is 0. The highest BCUT2D eigenvalue weighted by atomic mass is 32.1. The van der Waals surface area contributed by atoms with Gasteiger partial charge in [-0.15, -0.1) is 11.3 Å². The van der Waals surface area contributed by atoms with Gasteiger partial charge in [-0.25, -0.2) is 4.98 Å². The zero-order valence-corrected chi connectivity index (χ0v) is 24.3. The number of fused-ring (bicyclic) bond motifs is 1. The van der Waals surface area contributed by atoms with E-state index in [0.29, 0.717) is 13.0 Å². The van der Waals surface area contributed by atoms with Crippen LogP contribution in [0.25, 0.3) is 10.6 Å². The molecule has 2 aliphatic rings. The van der Waals surface area contributed by atoms with E-state index in [-0.39, 0.29) is 23.0 Å². The van der Waals surface area contributed by atoms with Crippen LogP contribution in [0.15, 0.2) is 54.0 Å². The Kier molecular flexibility index (Phi) is 8.13. The number of carbonyl (C=O) groups excluding carboxylic acids is 1. The molecule has 0 radical (unpaired) electrons. The van der Waals surface area contributed by atoms with Crippen molar-refractivity contribution in [3.63, 3.8) is 0 Å². The molecule has 3 N–H and O–H groups in total. The fourth-order valence-electron chi connectivity index (χ4n) is 5.90. The van der Waals surface area contributed by atoms with Crippen molar-refractivity contribution in [3.8, 4) is 16.3 Å². The average molecular weight is 548 g/mol. The largest absolute Gasteiger partial charge is 0.487 e. The number of hydrogen-bond donors (Lipinski definition) is 3. The Morgan fingerprint density at radius 2 is 2.03 bits per heavy atom. The molecule has 0 bridgehead atoms. The minimum Gasteiger partial charge on any atom is -0.487 e. The fourth-order valence-corrected chi connectivity index (χ4v) is 6.54. The highest BCUT2D eigenvalue weighted by molar-refractivity contribution is 7.13. The second kappa shape index (κ2) is 11.4. The maximum atomic E-state index is 12.1. The molecule has 1 aliphatic carbocycles. The van der Waals surface area contributed by atoms with Crippen molar-refractivity contribution in [1.82, 2.24) is 15.6 Å². The van der Waals surface area contributed by atoms with Crippen LogP contribution in [-0.2, 0) is 17.6 Å². The molecule has 208 valence electrons. The van der Waals surface area contributed by atoms with Gasteiger partial charge in [-0.2, -0.15) is 0 Å². The molecule has 3 aromatic rings. The number of carbonyl (C=O) groups is 1.